The van der Waals surface area contributed by atoms with Gasteiger partial charge in [0.05, 0.1) is 7.11 Å². The van der Waals surface area contributed by atoms with Crippen molar-refractivity contribution in [2.45, 2.75) is 25.3 Å². The number of aromatic nitrogens is 1. The Hall–Kier alpha value is -1.87. The summed E-state index contributed by atoms with van der Waals surface area (Å²) in [6.45, 7) is 1.12. The lowest BCUT2D eigenvalue weighted by atomic mass is 10.0. The molecule has 0 amide bonds. The largest absolute Gasteiger partial charge is 0.496 e. The molecule has 1 aliphatic heterocycles. The van der Waals surface area contributed by atoms with E-state index in [2.05, 4.69) is 28.5 Å². The molecule has 0 aliphatic carbocycles. The van der Waals surface area contributed by atoms with Crippen molar-refractivity contribution in [2.24, 2.45) is 0 Å². The second-order valence-corrected chi connectivity index (χ2v) is 5.22. The van der Waals surface area contributed by atoms with Crippen molar-refractivity contribution in [3.05, 3.63) is 59.4 Å². The summed E-state index contributed by atoms with van der Waals surface area (Å²) in [6.07, 6.45) is 5.21. The molecule has 1 atom stereocenters. The van der Waals surface area contributed by atoms with Gasteiger partial charge in [0.1, 0.15) is 5.75 Å². The molecule has 3 rings (SSSR count). The first-order chi connectivity index (χ1) is 9.86. The minimum atomic E-state index is 0.495. The minimum absolute atomic E-state index is 0.495. The number of nitrogens with zero attached hydrogens (tertiary/aromatic N) is 1. The van der Waals surface area contributed by atoms with Gasteiger partial charge in [-0.2, -0.15) is 0 Å². The van der Waals surface area contributed by atoms with Crippen LogP contribution in [0.3, 0.4) is 0 Å². The minimum Gasteiger partial charge on any atom is -0.496 e. The van der Waals surface area contributed by atoms with Gasteiger partial charge in [-0.25, -0.2) is 0 Å². The molecule has 1 unspecified atom stereocenters. The Morgan fingerprint density at radius 1 is 1.30 bits per heavy atom. The highest BCUT2D eigenvalue weighted by Gasteiger charge is 2.16. The SMILES string of the molecule is COc1ccccc1Cc1cc(C2CCCN2)ccn1. The Kier molecular flexibility index (Phi) is 3.97. The summed E-state index contributed by atoms with van der Waals surface area (Å²) in [7, 11) is 1.71. The molecule has 1 N–H and O–H groups in total. The van der Waals surface area contributed by atoms with Gasteiger partial charge in [-0.05, 0) is 43.1 Å². The van der Waals surface area contributed by atoms with Gasteiger partial charge in [0.25, 0.3) is 0 Å². The number of hydrogen-bond acceptors (Lipinski definition) is 3. The van der Waals surface area contributed by atoms with Gasteiger partial charge >= 0.3 is 0 Å². The zero-order chi connectivity index (χ0) is 13.8. The third-order valence-corrected chi connectivity index (χ3v) is 3.87. The van der Waals surface area contributed by atoms with Crippen molar-refractivity contribution in [2.75, 3.05) is 13.7 Å². The molecule has 104 valence electrons. The van der Waals surface area contributed by atoms with Crippen molar-refractivity contribution in [3.63, 3.8) is 0 Å². The molecule has 0 saturated carbocycles. The van der Waals surface area contributed by atoms with E-state index in [-0.39, 0.29) is 0 Å². The molecule has 0 radical (unpaired) electrons. The highest BCUT2D eigenvalue weighted by atomic mass is 16.5. The molecule has 1 saturated heterocycles. The van der Waals surface area contributed by atoms with E-state index in [1.54, 1.807) is 7.11 Å². The van der Waals surface area contributed by atoms with Crippen LogP contribution in [0.25, 0.3) is 0 Å². The van der Waals surface area contributed by atoms with Gasteiger partial charge in [0, 0.05) is 29.9 Å². The van der Waals surface area contributed by atoms with E-state index < -0.39 is 0 Å². The second kappa shape index (κ2) is 6.06. The van der Waals surface area contributed by atoms with Gasteiger partial charge < -0.3 is 10.1 Å². The summed E-state index contributed by atoms with van der Waals surface area (Å²) in [5, 5.41) is 3.53. The summed E-state index contributed by atoms with van der Waals surface area (Å²) in [5.41, 5.74) is 3.63. The molecule has 1 aromatic carbocycles. The summed E-state index contributed by atoms with van der Waals surface area (Å²) in [4.78, 5) is 4.50. The summed E-state index contributed by atoms with van der Waals surface area (Å²) in [6, 6.07) is 13.0. The summed E-state index contributed by atoms with van der Waals surface area (Å²) >= 11 is 0. The third kappa shape index (κ3) is 2.83. The first kappa shape index (κ1) is 13.1. The van der Waals surface area contributed by atoms with Crippen molar-refractivity contribution in [3.8, 4) is 5.75 Å². The number of pyridine rings is 1. The number of para-hydroxylation sites is 1. The lowest BCUT2D eigenvalue weighted by Gasteiger charge is -2.12. The Labute approximate surface area is 120 Å². The molecule has 0 spiro atoms. The number of ether oxygens (including phenoxy) is 1. The van der Waals surface area contributed by atoms with Gasteiger partial charge in [-0.15, -0.1) is 0 Å². The predicted octanol–water partition coefficient (Wildman–Crippen LogP) is 3.11. The van der Waals surface area contributed by atoms with Gasteiger partial charge in [0.2, 0.25) is 0 Å². The van der Waals surface area contributed by atoms with Crippen molar-refractivity contribution >= 4 is 0 Å². The molecule has 3 nitrogen and oxygen atoms in total. The molecular formula is C17H20N2O. The van der Waals surface area contributed by atoms with Crippen molar-refractivity contribution < 1.29 is 4.74 Å². The Morgan fingerprint density at radius 2 is 2.20 bits per heavy atom. The van der Waals surface area contributed by atoms with E-state index in [1.165, 1.54) is 24.0 Å². The van der Waals surface area contributed by atoms with E-state index in [4.69, 9.17) is 4.74 Å². The molecule has 2 aromatic rings. The molecule has 20 heavy (non-hydrogen) atoms. The maximum atomic E-state index is 5.41. The molecule has 3 heteroatoms. The van der Waals surface area contributed by atoms with Crippen LogP contribution >= 0.6 is 0 Å². The van der Waals surface area contributed by atoms with E-state index in [0.717, 1.165) is 24.4 Å². The lowest BCUT2D eigenvalue weighted by molar-refractivity contribution is 0.410. The van der Waals surface area contributed by atoms with Crippen molar-refractivity contribution in [1.82, 2.24) is 10.3 Å². The Morgan fingerprint density at radius 3 is 3.00 bits per heavy atom. The smallest absolute Gasteiger partial charge is 0.122 e. The lowest BCUT2D eigenvalue weighted by Crippen LogP contribution is -2.13. The zero-order valence-electron chi connectivity index (χ0n) is 11.8. The highest BCUT2D eigenvalue weighted by Crippen LogP contribution is 2.25. The second-order valence-electron chi connectivity index (χ2n) is 5.22. The quantitative estimate of drug-likeness (QED) is 0.925. The third-order valence-electron chi connectivity index (χ3n) is 3.87. The normalized spacial score (nSPS) is 18.1. The fourth-order valence-electron chi connectivity index (χ4n) is 2.82. The monoisotopic (exact) mass is 268 g/mol. The van der Waals surface area contributed by atoms with Crippen LogP contribution in [0.5, 0.6) is 5.75 Å². The van der Waals surface area contributed by atoms with Gasteiger partial charge in [-0.1, -0.05) is 18.2 Å². The number of nitrogens with one attached hydrogen (secondary N) is 1. The number of hydrogen-bond donors (Lipinski definition) is 1. The van der Waals surface area contributed by atoms with E-state index in [1.807, 2.05) is 24.4 Å². The van der Waals surface area contributed by atoms with E-state index >= 15 is 0 Å². The van der Waals surface area contributed by atoms with Crippen LogP contribution in [-0.4, -0.2) is 18.6 Å². The van der Waals surface area contributed by atoms with Crippen LogP contribution in [-0.2, 0) is 6.42 Å². The predicted molar refractivity (Wildman–Crippen MR) is 80.0 cm³/mol. The van der Waals surface area contributed by atoms with Crippen LogP contribution in [0.15, 0.2) is 42.6 Å². The summed E-state index contributed by atoms with van der Waals surface area (Å²) < 4.78 is 5.41. The maximum Gasteiger partial charge on any atom is 0.122 e. The molecule has 0 bridgehead atoms. The van der Waals surface area contributed by atoms with E-state index in [0.29, 0.717) is 6.04 Å². The van der Waals surface area contributed by atoms with Crippen LogP contribution in [0, 0.1) is 0 Å². The van der Waals surface area contributed by atoms with Crippen LogP contribution < -0.4 is 10.1 Å². The fraction of sp³-hybridized carbons (Fsp3) is 0.353. The molecule has 1 aromatic heterocycles. The molecule has 2 heterocycles. The topological polar surface area (TPSA) is 34.1 Å². The first-order valence-electron chi connectivity index (χ1n) is 7.17. The van der Waals surface area contributed by atoms with Gasteiger partial charge in [0.15, 0.2) is 0 Å². The Bertz CT molecular complexity index is 577. The number of benzene rings is 1. The Balaban J connectivity index is 1.82. The maximum absolute atomic E-state index is 5.41. The first-order valence-corrected chi connectivity index (χ1v) is 7.17. The molecular weight excluding hydrogens is 248 g/mol. The zero-order valence-corrected chi connectivity index (χ0v) is 11.8. The standard InChI is InChI=1S/C17H20N2O/c1-20-17-7-3-2-5-14(17)12-15-11-13(8-10-18-15)16-6-4-9-19-16/h2-3,5,7-8,10-11,16,19H,4,6,9,12H2,1H3. The highest BCUT2D eigenvalue weighted by molar-refractivity contribution is 5.36. The fourth-order valence-corrected chi connectivity index (χ4v) is 2.82. The average Bonchev–Trinajstić information content (AvgIpc) is 3.02. The number of methoxy groups -OCH3 is 1. The van der Waals surface area contributed by atoms with Crippen LogP contribution in [0.1, 0.15) is 35.7 Å². The van der Waals surface area contributed by atoms with Gasteiger partial charge in [-0.3, -0.25) is 4.98 Å². The molecule has 1 fully saturated rings. The van der Waals surface area contributed by atoms with E-state index in [9.17, 15) is 0 Å². The van der Waals surface area contributed by atoms with Crippen LogP contribution in [0.2, 0.25) is 0 Å². The number of rotatable bonds is 4. The van der Waals surface area contributed by atoms with Crippen molar-refractivity contribution in [1.29, 1.82) is 0 Å². The van der Waals surface area contributed by atoms with Crippen LogP contribution in [0.4, 0.5) is 0 Å². The average molecular weight is 268 g/mol. The molecule has 1 aliphatic rings. The summed E-state index contributed by atoms with van der Waals surface area (Å²) in [5.74, 6) is 0.929.